The van der Waals surface area contributed by atoms with Crippen molar-refractivity contribution < 1.29 is 17.6 Å². The van der Waals surface area contributed by atoms with Gasteiger partial charge in [0.15, 0.2) is 0 Å². The van der Waals surface area contributed by atoms with Crippen LogP contribution in [0.1, 0.15) is 11.1 Å². The summed E-state index contributed by atoms with van der Waals surface area (Å²) in [6.07, 6.45) is 0. The summed E-state index contributed by atoms with van der Waals surface area (Å²) in [5.74, 6) is -0.214. The molecule has 168 valence electrons. The van der Waals surface area contributed by atoms with Crippen molar-refractivity contribution in [3.63, 3.8) is 0 Å². The third-order valence-electron chi connectivity index (χ3n) is 5.59. The Labute approximate surface area is 186 Å². The number of hydrogen-bond acceptors (Lipinski definition) is 6. The van der Waals surface area contributed by atoms with Crippen molar-refractivity contribution in [2.24, 2.45) is 0 Å². The van der Waals surface area contributed by atoms with Crippen LogP contribution in [0.2, 0.25) is 0 Å². The highest BCUT2D eigenvalue weighted by molar-refractivity contribution is 7.89. The van der Waals surface area contributed by atoms with Gasteiger partial charge in [-0.05, 0) is 43.7 Å². The third kappa shape index (κ3) is 4.74. The smallest absolute Gasteiger partial charge is 0.336 e. The molecule has 1 fully saturated rings. The van der Waals surface area contributed by atoms with Gasteiger partial charge in [0.25, 0.3) is 0 Å². The van der Waals surface area contributed by atoms with Gasteiger partial charge in [0.1, 0.15) is 5.58 Å². The molecule has 32 heavy (non-hydrogen) atoms. The summed E-state index contributed by atoms with van der Waals surface area (Å²) in [6.45, 7) is 5.46. The molecule has 0 bridgehead atoms. The van der Waals surface area contributed by atoms with E-state index in [1.54, 1.807) is 42.5 Å². The van der Waals surface area contributed by atoms with Gasteiger partial charge in [0.2, 0.25) is 15.9 Å². The number of carbonyl (C=O) groups excluding carboxylic acids is 1. The lowest BCUT2D eigenvalue weighted by molar-refractivity contribution is -0.117. The Hall–Kier alpha value is -3.01. The number of benzene rings is 2. The number of sulfonamides is 1. The first-order valence-corrected chi connectivity index (χ1v) is 11.8. The van der Waals surface area contributed by atoms with Crippen molar-refractivity contribution in [3.05, 3.63) is 70.1 Å². The van der Waals surface area contributed by atoms with E-state index in [0.29, 0.717) is 37.4 Å². The summed E-state index contributed by atoms with van der Waals surface area (Å²) in [5.41, 5.74) is 2.34. The maximum atomic E-state index is 12.8. The molecule has 9 heteroatoms. The molecule has 1 N–H and O–H groups in total. The summed E-state index contributed by atoms with van der Waals surface area (Å²) in [6, 6.07) is 13.4. The van der Waals surface area contributed by atoms with Crippen LogP contribution in [-0.4, -0.2) is 56.3 Å². The van der Waals surface area contributed by atoms with Gasteiger partial charge in [0, 0.05) is 49.4 Å². The van der Waals surface area contributed by atoms with E-state index in [-0.39, 0.29) is 17.3 Å². The minimum atomic E-state index is -3.54. The first-order valence-electron chi connectivity index (χ1n) is 10.4. The van der Waals surface area contributed by atoms with E-state index < -0.39 is 15.6 Å². The van der Waals surface area contributed by atoms with Crippen molar-refractivity contribution in [2.75, 3.05) is 38.0 Å². The lowest BCUT2D eigenvalue weighted by atomic mass is 10.1. The van der Waals surface area contributed by atoms with Crippen LogP contribution >= 0.6 is 0 Å². The Balaban J connectivity index is 1.35. The first-order chi connectivity index (χ1) is 15.2. The fourth-order valence-corrected chi connectivity index (χ4v) is 5.22. The highest BCUT2D eigenvalue weighted by Gasteiger charge is 2.29. The molecule has 0 saturated carbocycles. The number of nitrogens with zero attached hydrogens (tertiary/aromatic N) is 2. The number of nitrogens with one attached hydrogen (secondary N) is 1. The molecular weight excluding hydrogens is 430 g/mol. The van der Waals surface area contributed by atoms with Gasteiger partial charge in [-0.3, -0.25) is 9.69 Å². The molecular formula is C23H25N3O5S. The third-order valence-corrected chi connectivity index (χ3v) is 7.51. The number of fused-ring (bicyclic) bond motifs is 1. The zero-order valence-electron chi connectivity index (χ0n) is 18.0. The number of hydrogen-bond donors (Lipinski definition) is 1. The topological polar surface area (TPSA) is 99.9 Å². The standard InChI is InChI=1S/C23H25N3O5S/c1-16-3-6-19(7-4-16)32(29,30)26-11-9-25(10-12-26)15-22(27)24-18-5-8-20-17(2)13-23(28)31-21(20)14-18/h3-8,13-14H,9-12,15H2,1-2H3,(H,24,27). The summed E-state index contributed by atoms with van der Waals surface area (Å²) in [7, 11) is -3.54. The largest absolute Gasteiger partial charge is 0.423 e. The van der Waals surface area contributed by atoms with Gasteiger partial charge in [0.05, 0.1) is 11.4 Å². The average molecular weight is 456 g/mol. The van der Waals surface area contributed by atoms with Crippen LogP contribution in [0.4, 0.5) is 5.69 Å². The molecule has 0 unspecified atom stereocenters. The summed E-state index contributed by atoms with van der Waals surface area (Å²) < 4.78 is 32.3. The van der Waals surface area contributed by atoms with Crippen LogP contribution in [0, 0.1) is 13.8 Å². The van der Waals surface area contributed by atoms with Crippen LogP contribution in [0.15, 0.2) is 62.6 Å². The van der Waals surface area contributed by atoms with Gasteiger partial charge in [-0.25, -0.2) is 13.2 Å². The van der Waals surface area contributed by atoms with E-state index in [1.165, 1.54) is 10.4 Å². The second-order valence-electron chi connectivity index (χ2n) is 8.00. The van der Waals surface area contributed by atoms with E-state index in [0.717, 1.165) is 16.5 Å². The minimum absolute atomic E-state index is 0.147. The highest BCUT2D eigenvalue weighted by atomic mass is 32.2. The van der Waals surface area contributed by atoms with Crippen LogP contribution < -0.4 is 10.9 Å². The Kier molecular flexibility index (Phi) is 6.14. The Morgan fingerprint density at radius 3 is 2.38 bits per heavy atom. The van der Waals surface area contributed by atoms with Crippen molar-refractivity contribution in [3.8, 4) is 0 Å². The van der Waals surface area contributed by atoms with Crippen molar-refractivity contribution in [2.45, 2.75) is 18.7 Å². The number of piperazine rings is 1. The first kappa shape index (κ1) is 22.2. The Morgan fingerprint density at radius 2 is 1.69 bits per heavy atom. The monoisotopic (exact) mass is 455 g/mol. The van der Waals surface area contributed by atoms with E-state index in [9.17, 15) is 18.0 Å². The predicted octanol–water partition coefficient (Wildman–Crippen LogP) is 2.35. The van der Waals surface area contributed by atoms with E-state index >= 15 is 0 Å². The molecule has 8 nitrogen and oxygen atoms in total. The van der Waals surface area contributed by atoms with Crippen molar-refractivity contribution >= 4 is 32.6 Å². The van der Waals surface area contributed by atoms with Crippen LogP contribution in [0.3, 0.4) is 0 Å². The second-order valence-corrected chi connectivity index (χ2v) is 9.94. The molecule has 2 heterocycles. The van der Waals surface area contributed by atoms with E-state index in [4.69, 9.17) is 4.42 Å². The quantitative estimate of drug-likeness (QED) is 0.593. The Morgan fingerprint density at radius 1 is 1.00 bits per heavy atom. The molecule has 1 aliphatic heterocycles. The van der Waals surface area contributed by atoms with Gasteiger partial charge in [-0.15, -0.1) is 0 Å². The Bertz CT molecular complexity index is 1310. The number of carbonyl (C=O) groups is 1. The predicted molar refractivity (Wildman–Crippen MR) is 122 cm³/mol. The van der Waals surface area contributed by atoms with Crippen LogP contribution in [-0.2, 0) is 14.8 Å². The molecule has 1 saturated heterocycles. The van der Waals surface area contributed by atoms with Crippen molar-refractivity contribution in [1.82, 2.24) is 9.21 Å². The van der Waals surface area contributed by atoms with E-state index in [2.05, 4.69) is 5.32 Å². The zero-order chi connectivity index (χ0) is 22.9. The molecule has 2 aromatic carbocycles. The minimum Gasteiger partial charge on any atom is -0.423 e. The highest BCUT2D eigenvalue weighted by Crippen LogP contribution is 2.21. The van der Waals surface area contributed by atoms with Gasteiger partial charge < -0.3 is 9.73 Å². The molecule has 1 aliphatic rings. The number of amides is 1. The molecule has 0 spiro atoms. The fourth-order valence-electron chi connectivity index (χ4n) is 3.79. The maximum Gasteiger partial charge on any atom is 0.336 e. The number of aryl methyl sites for hydroxylation is 2. The SMILES string of the molecule is Cc1ccc(S(=O)(=O)N2CCN(CC(=O)Nc3ccc4c(C)cc(=O)oc4c3)CC2)cc1. The summed E-state index contributed by atoms with van der Waals surface area (Å²) in [4.78, 5) is 26.3. The molecule has 3 aromatic rings. The van der Waals surface area contributed by atoms with Crippen LogP contribution in [0.25, 0.3) is 11.0 Å². The zero-order valence-corrected chi connectivity index (χ0v) is 18.8. The fraction of sp³-hybridized carbons (Fsp3) is 0.304. The molecule has 1 aromatic heterocycles. The molecule has 0 atom stereocenters. The number of rotatable bonds is 5. The number of anilines is 1. The van der Waals surface area contributed by atoms with Crippen LogP contribution in [0.5, 0.6) is 0 Å². The molecule has 0 aliphatic carbocycles. The molecule has 4 rings (SSSR count). The van der Waals surface area contributed by atoms with Crippen molar-refractivity contribution in [1.29, 1.82) is 0 Å². The lowest BCUT2D eigenvalue weighted by Crippen LogP contribution is -2.50. The maximum absolute atomic E-state index is 12.8. The summed E-state index contributed by atoms with van der Waals surface area (Å²) >= 11 is 0. The average Bonchev–Trinajstić information content (AvgIpc) is 2.74. The van der Waals surface area contributed by atoms with Gasteiger partial charge in [-0.2, -0.15) is 4.31 Å². The molecule has 1 amide bonds. The summed E-state index contributed by atoms with van der Waals surface area (Å²) in [5, 5.41) is 3.63. The van der Waals surface area contributed by atoms with Gasteiger partial charge >= 0.3 is 5.63 Å². The second kappa shape index (κ2) is 8.85. The van der Waals surface area contributed by atoms with Gasteiger partial charge in [-0.1, -0.05) is 17.7 Å². The van der Waals surface area contributed by atoms with E-state index in [1.807, 2.05) is 18.7 Å². The molecule has 0 radical (unpaired) electrons. The lowest BCUT2D eigenvalue weighted by Gasteiger charge is -2.33. The normalized spacial score (nSPS) is 15.7.